The topological polar surface area (TPSA) is 155 Å². The van der Waals surface area contributed by atoms with Gasteiger partial charge in [-0.1, -0.05) is 12.1 Å². The van der Waals surface area contributed by atoms with Crippen molar-refractivity contribution >= 4 is 29.7 Å². The fraction of sp³-hybridized carbons (Fsp3) is 0.483. The first kappa shape index (κ1) is 34.0. The average Bonchev–Trinajstić information content (AvgIpc) is 2.94. The lowest BCUT2D eigenvalue weighted by Gasteiger charge is -2.20. The molecule has 0 spiro atoms. The van der Waals surface area contributed by atoms with Crippen molar-refractivity contribution in [3.05, 3.63) is 59.2 Å². The molecule has 42 heavy (non-hydrogen) atoms. The Morgan fingerprint density at radius 2 is 0.857 bits per heavy atom. The highest BCUT2D eigenvalue weighted by molar-refractivity contribution is 6.06. The van der Waals surface area contributed by atoms with Gasteiger partial charge in [-0.15, -0.1) is 0 Å². The van der Waals surface area contributed by atoms with Gasteiger partial charge in [0.25, 0.3) is 0 Å². The van der Waals surface area contributed by atoms with E-state index in [9.17, 15) is 24.0 Å². The first-order valence-corrected chi connectivity index (χ1v) is 13.7. The number of esters is 4. The van der Waals surface area contributed by atoms with Crippen molar-refractivity contribution in [1.29, 1.82) is 0 Å². The van der Waals surface area contributed by atoms with Crippen molar-refractivity contribution < 1.29 is 42.9 Å². The Bertz CT molecular complexity index is 1060. The van der Waals surface area contributed by atoms with E-state index in [4.69, 9.17) is 18.9 Å². The molecule has 2 aromatic rings. The molecule has 2 aromatic heterocycles. The van der Waals surface area contributed by atoms with Crippen LogP contribution >= 0.6 is 0 Å². The fourth-order valence-corrected chi connectivity index (χ4v) is 3.84. The number of nitrogens with zero attached hydrogens (tertiary/aromatic N) is 4. The van der Waals surface area contributed by atoms with Gasteiger partial charge in [0.1, 0.15) is 11.4 Å². The summed E-state index contributed by atoms with van der Waals surface area (Å²) in [5.74, 6) is -2.29. The Kier molecular flexibility index (Phi) is 14.8. The molecule has 13 nitrogen and oxygen atoms in total. The molecular formula is C29H38N4O9. The summed E-state index contributed by atoms with van der Waals surface area (Å²) in [6.07, 6.45) is 2.99. The molecule has 0 saturated heterocycles. The maximum absolute atomic E-state index is 13.0. The van der Waals surface area contributed by atoms with Gasteiger partial charge in [0.05, 0.1) is 52.6 Å². The smallest absolute Gasteiger partial charge is 0.320 e. The first-order valence-electron chi connectivity index (χ1n) is 13.7. The number of hydrogen-bond donors (Lipinski definition) is 0. The van der Waals surface area contributed by atoms with E-state index in [-0.39, 0.29) is 77.1 Å². The average molecular weight is 587 g/mol. The van der Waals surface area contributed by atoms with Crippen molar-refractivity contribution in [3.8, 4) is 0 Å². The summed E-state index contributed by atoms with van der Waals surface area (Å²) in [4.78, 5) is 72.6. The molecule has 13 heteroatoms. The molecule has 0 aromatic carbocycles. The molecule has 0 N–H and O–H groups in total. The molecule has 0 aliphatic carbocycles. The van der Waals surface area contributed by atoms with Crippen LogP contribution in [0.15, 0.2) is 36.7 Å². The molecule has 0 fully saturated rings. The number of carbonyl (C=O) groups excluding carboxylic acids is 5. The highest BCUT2D eigenvalue weighted by Gasteiger charge is 2.19. The van der Waals surface area contributed by atoms with E-state index in [1.165, 1.54) is 12.4 Å². The van der Waals surface area contributed by atoms with Crippen LogP contribution in [0.1, 0.15) is 55.0 Å². The monoisotopic (exact) mass is 586 g/mol. The van der Waals surface area contributed by atoms with Gasteiger partial charge in [-0.3, -0.25) is 43.7 Å². The Hall–Kier alpha value is -4.23. The molecule has 0 atom stereocenters. The molecule has 0 saturated carbocycles. The summed E-state index contributed by atoms with van der Waals surface area (Å²) in [7, 11) is 0. The summed E-state index contributed by atoms with van der Waals surface area (Å²) < 4.78 is 20.0. The standard InChI is InChI=1S/C29H38N4O9/c1-5-39-25(34)17-32(18-26(35)40-6-2)15-21-9-11-23(30-13-21)29(38)24-12-10-22(14-31-24)16-33(19-27(36)41-7-3)20-28(37)42-8-4/h9-14H,5-8,15-20H2,1-4H3. The zero-order chi connectivity index (χ0) is 30.9. The van der Waals surface area contributed by atoms with Crippen molar-refractivity contribution in [2.75, 3.05) is 52.6 Å². The Morgan fingerprint density at radius 3 is 1.10 bits per heavy atom. The maximum Gasteiger partial charge on any atom is 0.320 e. The minimum atomic E-state index is -0.471. The molecule has 0 aliphatic heterocycles. The highest BCUT2D eigenvalue weighted by atomic mass is 16.5. The molecule has 0 amide bonds. The van der Waals surface area contributed by atoms with E-state index in [1.54, 1.807) is 61.8 Å². The molecule has 2 heterocycles. The van der Waals surface area contributed by atoms with E-state index in [2.05, 4.69) is 9.97 Å². The van der Waals surface area contributed by atoms with Gasteiger partial charge < -0.3 is 18.9 Å². The van der Waals surface area contributed by atoms with Gasteiger partial charge in [-0.25, -0.2) is 0 Å². The number of aromatic nitrogens is 2. The van der Waals surface area contributed by atoms with Gasteiger partial charge in [0.15, 0.2) is 0 Å². The van der Waals surface area contributed by atoms with E-state index in [0.717, 1.165) is 0 Å². The predicted molar refractivity (Wildman–Crippen MR) is 149 cm³/mol. The van der Waals surface area contributed by atoms with Crippen molar-refractivity contribution in [1.82, 2.24) is 19.8 Å². The van der Waals surface area contributed by atoms with Crippen LogP contribution in [0.3, 0.4) is 0 Å². The zero-order valence-electron chi connectivity index (χ0n) is 24.5. The third-order valence-electron chi connectivity index (χ3n) is 5.56. The van der Waals surface area contributed by atoms with Crippen LogP contribution < -0.4 is 0 Å². The molecule has 0 aliphatic rings. The summed E-state index contributed by atoms with van der Waals surface area (Å²) in [6.45, 7) is 7.65. The van der Waals surface area contributed by atoms with Crippen LogP contribution in [-0.4, -0.2) is 102 Å². The first-order chi connectivity index (χ1) is 20.2. The predicted octanol–water partition coefficient (Wildman–Crippen LogP) is 1.56. The van der Waals surface area contributed by atoms with Crippen LogP contribution in [0.4, 0.5) is 0 Å². The van der Waals surface area contributed by atoms with E-state index in [0.29, 0.717) is 11.1 Å². The maximum atomic E-state index is 13.0. The lowest BCUT2D eigenvalue weighted by molar-refractivity contribution is -0.150. The highest BCUT2D eigenvalue weighted by Crippen LogP contribution is 2.11. The molecule has 0 radical (unpaired) electrons. The fourth-order valence-electron chi connectivity index (χ4n) is 3.84. The third kappa shape index (κ3) is 12.1. The van der Waals surface area contributed by atoms with Crippen LogP contribution in [0.2, 0.25) is 0 Å². The van der Waals surface area contributed by atoms with Crippen molar-refractivity contribution in [2.24, 2.45) is 0 Å². The number of pyridine rings is 2. The van der Waals surface area contributed by atoms with Gasteiger partial charge in [0.2, 0.25) is 5.78 Å². The Labute approximate surface area is 245 Å². The molecule has 0 unspecified atom stereocenters. The van der Waals surface area contributed by atoms with E-state index in [1.807, 2.05) is 0 Å². The summed E-state index contributed by atoms with van der Waals surface area (Å²) in [6, 6.07) is 6.45. The van der Waals surface area contributed by atoms with Crippen molar-refractivity contribution in [2.45, 2.75) is 40.8 Å². The number of carbonyl (C=O) groups is 5. The minimum absolute atomic E-state index is 0.111. The largest absolute Gasteiger partial charge is 0.465 e. The van der Waals surface area contributed by atoms with Crippen LogP contribution in [0.25, 0.3) is 0 Å². The second-order valence-corrected chi connectivity index (χ2v) is 8.94. The normalized spacial score (nSPS) is 10.8. The van der Waals surface area contributed by atoms with Gasteiger partial charge in [-0.05, 0) is 51.0 Å². The van der Waals surface area contributed by atoms with Gasteiger partial charge >= 0.3 is 23.9 Å². The Balaban J connectivity index is 2.08. The lowest BCUT2D eigenvalue weighted by atomic mass is 10.1. The number of hydrogen-bond acceptors (Lipinski definition) is 13. The molecule has 228 valence electrons. The van der Waals surface area contributed by atoms with Gasteiger partial charge in [-0.2, -0.15) is 0 Å². The minimum Gasteiger partial charge on any atom is -0.465 e. The summed E-state index contributed by atoms with van der Waals surface area (Å²) in [5, 5.41) is 0. The summed E-state index contributed by atoms with van der Waals surface area (Å²) in [5.41, 5.74) is 1.67. The SMILES string of the molecule is CCOC(=O)CN(CC(=O)OCC)Cc1ccc(C(=O)c2ccc(CN(CC(=O)OCC)CC(=O)OCC)cn2)nc1. The Morgan fingerprint density at radius 1 is 0.548 bits per heavy atom. The number of rotatable bonds is 18. The van der Waals surface area contributed by atoms with Crippen LogP contribution in [-0.2, 0) is 51.2 Å². The number of ether oxygens (including phenoxy) is 4. The second-order valence-electron chi connectivity index (χ2n) is 8.94. The zero-order valence-corrected chi connectivity index (χ0v) is 24.5. The lowest BCUT2D eigenvalue weighted by Crippen LogP contribution is -2.35. The van der Waals surface area contributed by atoms with Crippen LogP contribution in [0.5, 0.6) is 0 Å². The molecule has 0 bridgehead atoms. The third-order valence-corrected chi connectivity index (χ3v) is 5.56. The quantitative estimate of drug-likeness (QED) is 0.141. The van der Waals surface area contributed by atoms with Gasteiger partial charge in [0, 0.05) is 25.5 Å². The molecule has 2 rings (SSSR count). The second kappa shape index (κ2) is 18.3. The van der Waals surface area contributed by atoms with Crippen LogP contribution in [0, 0.1) is 0 Å². The van der Waals surface area contributed by atoms with Crippen molar-refractivity contribution in [3.63, 3.8) is 0 Å². The van der Waals surface area contributed by atoms with E-state index < -0.39 is 29.7 Å². The summed E-state index contributed by atoms with van der Waals surface area (Å²) >= 11 is 0. The number of ketones is 1. The molecular weight excluding hydrogens is 548 g/mol. The van der Waals surface area contributed by atoms with E-state index >= 15 is 0 Å².